The Labute approximate surface area is 239 Å². The molecule has 4 N–H and O–H groups in total. The van der Waals surface area contributed by atoms with Crippen molar-refractivity contribution in [2.24, 2.45) is 17.8 Å². The molecule has 5 saturated heterocycles. The zero-order valence-electron chi connectivity index (χ0n) is 24.1. The second-order valence-corrected chi connectivity index (χ2v) is 14.2. The zero-order chi connectivity index (χ0) is 26.9. The van der Waals surface area contributed by atoms with E-state index < -0.39 is 0 Å². The molecule has 6 fully saturated rings. The van der Waals surface area contributed by atoms with E-state index in [1.807, 2.05) is 11.8 Å². The van der Waals surface area contributed by atoms with Gasteiger partial charge >= 0.3 is 0 Å². The summed E-state index contributed by atoms with van der Waals surface area (Å²) in [6.07, 6.45) is 7.01. The van der Waals surface area contributed by atoms with Crippen molar-refractivity contribution in [3.63, 3.8) is 0 Å². The Balaban J connectivity index is 0.973. The lowest BCUT2D eigenvalue weighted by molar-refractivity contribution is -0.170. The van der Waals surface area contributed by atoms with Gasteiger partial charge in [-0.2, -0.15) is 0 Å². The molecular weight excluding hydrogens is 514 g/mol. The first-order chi connectivity index (χ1) is 18.9. The number of ketones is 1. The SMILES string of the molecule is CC1NN(C2CCNC(NC3CCC(C4CSC5C(=O)CC(N6CCOCC6)OC54)CC3)N2)CC1CN(C)C. The molecule has 1 saturated carbocycles. The van der Waals surface area contributed by atoms with Crippen molar-refractivity contribution in [3.8, 4) is 0 Å². The Bertz CT molecular complexity index is 825. The van der Waals surface area contributed by atoms with Gasteiger partial charge in [0.15, 0.2) is 5.78 Å². The largest absolute Gasteiger partial charge is 0.379 e. The van der Waals surface area contributed by atoms with Crippen molar-refractivity contribution >= 4 is 17.5 Å². The van der Waals surface area contributed by atoms with E-state index >= 15 is 0 Å². The highest BCUT2D eigenvalue weighted by Gasteiger charge is 2.50. The summed E-state index contributed by atoms with van der Waals surface area (Å²) in [6.45, 7) is 8.77. The number of carbonyl (C=O) groups excluding carboxylic acids is 1. The monoisotopic (exact) mass is 565 g/mol. The third-order valence-corrected chi connectivity index (χ3v) is 11.5. The van der Waals surface area contributed by atoms with Crippen LogP contribution in [0.15, 0.2) is 0 Å². The highest BCUT2D eigenvalue weighted by atomic mass is 32.2. The number of nitrogens with one attached hydrogen (secondary N) is 4. The number of nitrogens with zero attached hydrogens (tertiary/aromatic N) is 3. The number of rotatable bonds is 7. The van der Waals surface area contributed by atoms with Gasteiger partial charge in [-0.3, -0.25) is 31.1 Å². The van der Waals surface area contributed by atoms with Gasteiger partial charge in [0.25, 0.3) is 0 Å². The smallest absolute Gasteiger partial charge is 0.152 e. The van der Waals surface area contributed by atoms with Crippen LogP contribution in [0.25, 0.3) is 0 Å². The lowest BCUT2D eigenvalue weighted by Gasteiger charge is -2.43. The Morgan fingerprint density at radius 1 is 1.13 bits per heavy atom. The Morgan fingerprint density at radius 2 is 1.92 bits per heavy atom. The topological polar surface area (TPSA) is 93.4 Å². The van der Waals surface area contributed by atoms with Crippen LogP contribution in [0.5, 0.6) is 0 Å². The molecule has 0 amide bonds. The van der Waals surface area contributed by atoms with Crippen LogP contribution < -0.4 is 21.4 Å². The van der Waals surface area contributed by atoms with E-state index in [-0.39, 0.29) is 23.9 Å². The van der Waals surface area contributed by atoms with Crippen molar-refractivity contribution in [1.82, 2.24) is 36.2 Å². The molecule has 0 aromatic heterocycles. The molecule has 0 spiro atoms. The molecule has 6 rings (SSSR count). The number of hydrogen-bond donors (Lipinski definition) is 4. The molecule has 5 heterocycles. The number of fused-ring (bicyclic) bond motifs is 1. The molecule has 11 heteroatoms. The van der Waals surface area contributed by atoms with Crippen LogP contribution in [0, 0.1) is 17.8 Å². The van der Waals surface area contributed by atoms with Crippen molar-refractivity contribution in [2.45, 2.75) is 87.6 Å². The van der Waals surface area contributed by atoms with Crippen LogP contribution in [0.4, 0.5) is 0 Å². The van der Waals surface area contributed by atoms with Crippen molar-refractivity contribution in [2.75, 3.05) is 65.8 Å². The third kappa shape index (κ3) is 6.68. The fourth-order valence-electron chi connectivity index (χ4n) is 7.81. The number of Topliss-reactive ketones (excluding diaryl/α,β-unsaturated/α-hetero) is 1. The van der Waals surface area contributed by atoms with E-state index in [1.165, 1.54) is 25.7 Å². The Kier molecular flexibility index (Phi) is 9.51. The average Bonchev–Trinajstić information content (AvgIpc) is 3.53. The lowest BCUT2D eigenvalue weighted by Crippen LogP contribution is -2.67. The van der Waals surface area contributed by atoms with Gasteiger partial charge in [0.05, 0.1) is 30.7 Å². The number of hydrogen-bond acceptors (Lipinski definition) is 11. The molecule has 0 bridgehead atoms. The summed E-state index contributed by atoms with van der Waals surface area (Å²) >= 11 is 1.86. The predicted molar refractivity (Wildman–Crippen MR) is 154 cm³/mol. The molecule has 1 aliphatic carbocycles. The zero-order valence-corrected chi connectivity index (χ0v) is 25.0. The normalized spacial score (nSPS) is 44.7. The maximum atomic E-state index is 13.0. The number of carbonyl (C=O) groups is 1. The summed E-state index contributed by atoms with van der Waals surface area (Å²) in [6, 6.07) is 1.03. The molecule has 222 valence electrons. The first kappa shape index (κ1) is 28.8. The number of morpholine rings is 1. The molecule has 8 unspecified atom stereocenters. The molecule has 6 aliphatic rings. The second-order valence-electron chi connectivity index (χ2n) is 13.0. The third-order valence-electron chi connectivity index (χ3n) is 10.0. The lowest BCUT2D eigenvalue weighted by atomic mass is 9.75. The summed E-state index contributed by atoms with van der Waals surface area (Å²) in [5.74, 6) is 3.29. The Morgan fingerprint density at radius 3 is 2.69 bits per heavy atom. The molecule has 10 nitrogen and oxygen atoms in total. The van der Waals surface area contributed by atoms with Crippen LogP contribution >= 0.6 is 11.8 Å². The van der Waals surface area contributed by atoms with Gasteiger partial charge in [0.1, 0.15) is 12.5 Å². The number of ether oxygens (including phenoxy) is 2. The van der Waals surface area contributed by atoms with Gasteiger partial charge in [-0.05, 0) is 70.7 Å². The van der Waals surface area contributed by atoms with Crippen molar-refractivity contribution in [3.05, 3.63) is 0 Å². The number of hydrazine groups is 1. The first-order valence-corrected chi connectivity index (χ1v) is 16.5. The van der Waals surface area contributed by atoms with Crippen LogP contribution in [-0.2, 0) is 14.3 Å². The van der Waals surface area contributed by atoms with Gasteiger partial charge in [0, 0.05) is 57.1 Å². The van der Waals surface area contributed by atoms with E-state index in [2.05, 4.69) is 57.2 Å². The first-order valence-electron chi connectivity index (χ1n) is 15.5. The Hall–Kier alpha value is -0.340. The van der Waals surface area contributed by atoms with Crippen LogP contribution in [0.2, 0.25) is 0 Å². The van der Waals surface area contributed by atoms with Crippen molar-refractivity contribution < 1.29 is 14.3 Å². The summed E-state index contributed by atoms with van der Waals surface area (Å²) < 4.78 is 12.2. The van der Waals surface area contributed by atoms with Crippen LogP contribution in [0.1, 0.15) is 45.4 Å². The molecule has 0 radical (unpaired) electrons. The molecular formula is C28H51N7O3S. The highest BCUT2D eigenvalue weighted by molar-refractivity contribution is 8.01. The minimum Gasteiger partial charge on any atom is -0.379 e. The highest BCUT2D eigenvalue weighted by Crippen LogP contribution is 2.46. The van der Waals surface area contributed by atoms with Crippen molar-refractivity contribution in [1.29, 1.82) is 0 Å². The van der Waals surface area contributed by atoms with Crippen LogP contribution in [-0.4, -0.2) is 128 Å². The number of thioether (sulfide) groups is 1. The summed E-state index contributed by atoms with van der Waals surface area (Å²) in [4.78, 5) is 17.7. The van der Waals surface area contributed by atoms with E-state index in [1.54, 1.807) is 0 Å². The maximum Gasteiger partial charge on any atom is 0.152 e. The van der Waals surface area contributed by atoms with Crippen LogP contribution in [0.3, 0.4) is 0 Å². The summed E-state index contributed by atoms with van der Waals surface area (Å²) in [5.41, 5.74) is 3.73. The molecule has 8 atom stereocenters. The standard InChI is InChI=1S/C28H51N7O3S/c1-18-20(15-33(2)3)16-35(32-18)24-8-9-29-28(31-24)30-21-6-4-19(5-7-21)22-17-39-27-23(36)14-25(38-26(22)27)34-10-12-37-13-11-34/h18-22,24-32H,4-17H2,1-3H3. The maximum absolute atomic E-state index is 13.0. The van der Waals surface area contributed by atoms with E-state index in [4.69, 9.17) is 9.47 Å². The van der Waals surface area contributed by atoms with Gasteiger partial charge in [0.2, 0.25) is 0 Å². The fourth-order valence-corrected chi connectivity index (χ4v) is 9.44. The minimum atomic E-state index is -0.0514. The van der Waals surface area contributed by atoms with E-state index in [0.29, 0.717) is 48.2 Å². The minimum absolute atomic E-state index is 0.0509. The summed E-state index contributed by atoms with van der Waals surface area (Å²) in [7, 11) is 4.33. The molecule has 5 aliphatic heterocycles. The van der Waals surface area contributed by atoms with E-state index in [9.17, 15) is 4.79 Å². The van der Waals surface area contributed by atoms with Gasteiger partial charge in [-0.25, -0.2) is 5.01 Å². The average molecular weight is 566 g/mol. The second kappa shape index (κ2) is 12.9. The molecule has 0 aromatic rings. The fraction of sp³-hybridized carbons (Fsp3) is 0.964. The predicted octanol–water partition coefficient (Wildman–Crippen LogP) is 0.462. The molecule has 39 heavy (non-hydrogen) atoms. The van der Waals surface area contributed by atoms with Gasteiger partial charge in [-0.15, -0.1) is 11.8 Å². The van der Waals surface area contributed by atoms with Gasteiger partial charge in [-0.1, -0.05) is 0 Å². The van der Waals surface area contributed by atoms with Gasteiger partial charge < -0.3 is 14.4 Å². The summed E-state index contributed by atoms with van der Waals surface area (Å²) in [5, 5.41) is 13.9. The quantitative estimate of drug-likeness (QED) is 0.347. The van der Waals surface area contributed by atoms with E-state index in [0.717, 1.165) is 58.1 Å². The molecule has 0 aromatic carbocycles.